The van der Waals surface area contributed by atoms with Crippen LogP contribution in [0.1, 0.15) is 31.2 Å². The fourth-order valence-corrected chi connectivity index (χ4v) is 1.77. The average molecular weight is 195 g/mol. The third-order valence-electron chi connectivity index (χ3n) is 2.75. The number of hydrogen-bond donors (Lipinski definition) is 1. The van der Waals surface area contributed by atoms with Crippen LogP contribution in [0.25, 0.3) is 0 Å². The lowest BCUT2D eigenvalue weighted by atomic mass is 10.1. The molecule has 0 fully saturated rings. The van der Waals surface area contributed by atoms with Crippen molar-refractivity contribution in [1.29, 1.82) is 0 Å². The van der Waals surface area contributed by atoms with Gasteiger partial charge in [-0.05, 0) is 39.3 Å². The third-order valence-corrected chi connectivity index (χ3v) is 2.75. The molecule has 1 aromatic rings. The minimum atomic E-state index is 0.630. The fraction of sp³-hybridized carbons (Fsp3) is 0.727. The number of nitrogens with zero attached hydrogens (tertiary/aromatic N) is 2. The molecule has 1 rings (SSSR count). The first-order valence-electron chi connectivity index (χ1n) is 5.34. The third kappa shape index (κ3) is 2.84. The van der Waals surface area contributed by atoms with Crippen molar-refractivity contribution in [2.24, 2.45) is 7.05 Å². The number of hydrogen-bond acceptors (Lipinski definition) is 2. The largest absolute Gasteiger partial charge is 0.317 e. The van der Waals surface area contributed by atoms with Gasteiger partial charge in [0, 0.05) is 18.8 Å². The van der Waals surface area contributed by atoms with E-state index in [1.807, 2.05) is 25.7 Å². The zero-order valence-corrected chi connectivity index (χ0v) is 9.67. The minimum absolute atomic E-state index is 0.630. The smallest absolute Gasteiger partial charge is 0.0596 e. The van der Waals surface area contributed by atoms with Crippen molar-refractivity contribution >= 4 is 0 Å². The summed E-state index contributed by atoms with van der Waals surface area (Å²) < 4.78 is 1.98. The van der Waals surface area contributed by atoms with E-state index < -0.39 is 0 Å². The van der Waals surface area contributed by atoms with Crippen molar-refractivity contribution in [3.8, 4) is 0 Å². The topological polar surface area (TPSA) is 29.9 Å². The van der Waals surface area contributed by atoms with Gasteiger partial charge in [-0.2, -0.15) is 5.10 Å². The molecule has 0 radical (unpaired) electrons. The molecule has 0 saturated heterocycles. The summed E-state index contributed by atoms with van der Waals surface area (Å²) in [4.78, 5) is 0. The van der Waals surface area contributed by atoms with E-state index in [9.17, 15) is 0 Å². The summed E-state index contributed by atoms with van der Waals surface area (Å²) in [5.41, 5.74) is 2.44. The Balaban J connectivity index is 2.48. The molecule has 0 aliphatic carbocycles. The van der Waals surface area contributed by atoms with Crippen molar-refractivity contribution in [2.75, 3.05) is 7.05 Å². The fourth-order valence-electron chi connectivity index (χ4n) is 1.77. The van der Waals surface area contributed by atoms with Gasteiger partial charge in [0.05, 0.1) is 5.69 Å². The van der Waals surface area contributed by atoms with E-state index in [1.165, 1.54) is 18.5 Å². The molecule has 0 saturated carbocycles. The molecule has 3 heteroatoms. The van der Waals surface area contributed by atoms with Crippen LogP contribution in [0.4, 0.5) is 0 Å². The maximum atomic E-state index is 4.34. The molecule has 0 aromatic carbocycles. The van der Waals surface area contributed by atoms with Gasteiger partial charge in [0.2, 0.25) is 0 Å². The highest BCUT2D eigenvalue weighted by molar-refractivity contribution is 5.08. The molecule has 0 bridgehead atoms. The van der Waals surface area contributed by atoms with Gasteiger partial charge in [-0.1, -0.05) is 6.92 Å². The number of nitrogens with one attached hydrogen (secondary N) is 1. The highest BCUT2D eigenvalue weighted by atomic mass is 15.3. The Morgan fingerprint density at radius 2 is 2.29 bits per heavy atom. The van der Waals surface area contributed by atoms with Crippen LogP contribution in [-0.4, -0.2) is 22.9 Å². The summed E-state index contributed by atoms with van der Waals surface area (Å²) in [6.07, 6.45) is 3.48. The van der Waals surface area contributed by atoms with Crippen LogP contribution >= 0.6 is 0 Å². The van der Waals surface area contributed by atoms with Crippen LogP contribution in [-0.2, 0) is 13.5 Å². The molecule has 14 heavy (non-hydrogen) atoms. The van der Waals surface area contributed by atoms with Gasteiger partial charge in [-0.25, -0.2) is 0 Å². The summed E-state index contributed by atoms with van der Waals surface area (Å²) >= 11 is 0. The first-order chi connectivity index (χ1) is 6.67. The second-order valence-electron chi connectivity index (χ2n) is 3.83. The van der Waals surface area contributed by atoms with Gasteiger partial charge in [-0.3, -0.25) is 4.68 Å². The Morgan fingerprint density at radius 1 is 1.57 bits per heavy atom. The summed E-state index contributed by atoms with van der Waals surface area (Å²) in [6, 6.07) is 2.80. The monoisotopic (exact) mass is 195 g/mol. The van der Waals surface area contributed by atoms with Gasteiger partial charge in [0.1, 0.15) is 0 Å². The van der Waals surface area contributed by atoms with Crippen LogP contribution in [0.2, 0.25) is 0 Å². The predicted molar refractivity (Wildman–Crippen MR) is 59.4 cm³/mol. The van der Waals surface area contributed by atoms with E-state index >= 15 is 0 Å². The maximum absolute atomic E-state index is 4.34. The van der Waals surface area contributed by atoms with Crippen LogP contribution in [0.5, 0.6) is 0 Å². The molecule has 0 spiro atoms. The summed E-state index contributed by atoms with van der Waals surface area (Å²) in [7, 11) is 4.05. The Hall–Kier alpha value is -0.830. The predicted octanol–water partition coefficient (Wildman–Crippen LogP) is 1.66. The number of aryl methyl sites for hydroxylation is 3. The molecule has 0 aliphatic heterocycles. The molecule has 80 valence electrons. The van der Waals surface area contributed by atoms with Crippen molar-refractivity contribution in [3.63, 3.8) is 0 Å². The summed E-state index contributed by atoms with van der Waals surface area (Å²) in [5, 5.41) is 7.66. The van der Waals surface area contributed by atoms with Crippen molar-refractivity contribution in [3.05, 3.63) is 17.5 Å². The van der Waals surface area contributed by atoms with Crippen molar-refractivity contribution < 1.29 is 0 Å². The zero-order valence-electron chi connectivity index (χ0n) is 9.67. The van der Waals surface area contributed by atoms with Crippen LogP contribution in [0.15, 0.2) is 6.07 Å². The van der Waals surface area contributed by atoms with E-state index in [0.717, 1.165) is 12.1 Å². The molecule has 0 amide bonds. The van der Waals surface area contributed by atoms with Crippen molar-refractivity contribution in [1.82, 2.24) is 15.1 Å². The Labute approximate surface area is 86.5 Å². The summed E-state index contributed by atoms with van der Waals surface area (Å²) in [5.74, 6) is 0. The maximum Gasteiger partial charge on any atom is 0.0596 e. The second-order valence-corrected chi connectivity index (χ2v) is 3.83. The van der Waals surface area contributed by atoms with Gasteiger partial charge in [0.25, 0.3) is 0 Å². The van der Waals surface area contributed by atoms with E-state index in [0.29, 0.717) is 6.04 Å². The molecular weight excluding hydrogens is 174 g/mol. The molecule has 3 nitrogen and oxygen atoms in total. The summed E-state index contributed by atoms with van der Waals surface area (Å²) in [6.45, 7) is 4.26. The average Bonchev–Trinajstić information content (AvgIpc) is 2.47. The minimum Gasteiger partial charge on any atom is -0.317 e. The SMILES string of the molecule is CCC(CCc1cc(C)nn1C)NC. The van der Waals surface area contributed by atoms with Crippen molar-refractivity contribution in [2.45, 2.75) is 39.2 Å². The molecule has 1 heterocycles. The van der Waals surface area contributed by atoms with Crippen LogP contribution in [0, 0.1) is 6.92 Å². The van der Waals surface area contributed by atoms with Gasteiger partial charge in [0.15, 0.2) is 0 Å². The molecular formula is C11H21N3. The van der Waals surface area contributed by atoms with Gasteiger partial charge >= 0.3 is 0 Å². The van der Waals surface area contributed by atoms with E-state index in [1.54, 1.807) is 0 Å². The highest BCUT2D eigenvalue weighted by Crippen LogP contribution is 2.08. The molecule has 1 unspecified atom stereocenters. The lowest BCUT2D eigenvalue weighted by Crippen LogP contribution is -2.24. The molecule has 0 aliphatic rings. The van der Waals surface area contributed by atoms with Crippen LogP contribution in [0.3, 0.4) is 0 Å². The van der Waals surface area contributed by atoms with Gasteiger partial charge < -0.3 is 5.32 Å². The Morgan fingerprint density at radius 3 is 2.71 bits per heavy atom. The van der Waals surface area contributed by atoms with E-state index in [4.69, 9.17) is 0 Å². The van der Waals surface area contributed by atoms with Crippen LogP contribution < -0.4 is 5.32 Å². The highest BCUT2D eigenvalue weighted by Gasteiger charge is 2.06. The number of rotatable bonds is 5. The van der Waals surface area contributed by atoms with E-state index in [-0.39, 0.29) is 0 Å². The lowest BCUT2D eigenvalue weighted by Gasteiger charge is -2.12. The zero-order chi connectivity index (χ0) is 10.6. The first-order valence-corrected chi connectivity index (χ1v) is 5.34. The first kappa shape index (κ1) is 11.2. The Bertz CT molecular complexity index is 274. The molecule has 1 N–H and O–H groups in total. The normalized spacial score (nSPS) is 13.1. The molecule has 1 aromatic heterocycles. The quantitative estimate of drug-likeness (QED) is 0.774. The Kier molecular flexibility index (Phi) is 4.14. The number of aromatic nitrogens is 2. The molecule has 1 atom stereocenters. The van der Waals surface area contributed by atoms with E-state index in [2.05, 4.69) is 23.4 Å². The lowest BCUT2D eigenvalue weighted by molar-refractivity contribution is 0.500. The van der Waals surface area contributed by atoms with Gasteiger partial charge in [-0.15, -0.1) is 0 Å². The second kappa shape index (κ2) is 5.15. The standard InChI is InChI=1S/C11H21N3/c1-5-10(12-3)6-7-11-8-9(2)13-14(11)4/h8,10,12H,5-7H2,1-4H3.